The molecule has 0 fully saturated rings. The average Bonchev–Trinajstić information content (AvgIpc) is 3.33. The normalized spacial score (nSPS) is 10.8. The van der Waals surface area contributed by atoms with Crippen LogP contribution in [0.1, 0.15) is 17.0 Å². The Kier molecular flexibility index (Phi) is 4.76. The van der Waals surface area contributed by atoms with Crippen LogP contribution < -0.4 is 5.32 Å². The van der Waals surface area contributed by atoms with Crippen molar-refractivity contribution in [3.8, 4) is 11.4 Å². The number of amides is 1. The van der Waals surface area contributed by atoms with Crippen LogP contribution in [-0.2, 0) is 11.2 Å². The lowest BCUT2D eigenvalue weighted by molar-refractivity contribution is -0.115. The molecule has 4 aromatic rings. The van der Waals surface area contributed by atoms with Gasteiger partial charge in [0.05, 0.1) is 23.5 Å². The van der Waals surface area contributed by atoms with Crippen molar-refractivity contribution in [1.29, 1.82) is 0 Å². The molecule has 0 atom stereocenters. The average molecular weight is 371 g/mol. The predicted molar refractivity (Wildman–Crippen MR) is 109 cm³/mol. The Morgan fingerprint density at radius 2 is 1.79 bits per heavy atom. The maximum Gasteiger partial charge on any atom is 0.228 e. The molecule has 0 radical (unpaired) electrons. The topological polar surface area (TPSA) is 64.7 Å². The molecule has 0 bridgehead atoms. The zero-order valence-corrected chi connectivity index (χ0v) is 15.8. The molecule has 28 heavy (non-hydrogen) atoms. The van der Waals surface area contributed by atoms with Gasteiger partial charge in [-0.15, -0.1) is 0 Å². The highest BCUT2D eigenvalue weighted by Crippen LogP contribution is 2.20. The molecule has 1 amide bonds. The molecule has 6 nitrogen and oxygen atoms in total. The smallest absolute Gasteiger partial charge is 0.228 e. The molecule has 0 saturated heterocycles. The molecule has 0 spiro atoms. The molecule has 6 heteroatoms. The van der Waals surface area contributed by atoms with Crippen LogP contribution in [0.3, 0.4) is 0 Å². The van der Waals surface area contributed by atoms with E-state index in [-0.39, 0.29) is 12.3 Å². The number of hydrogen-bond acceptors (Lipinski definition) is 3. The van der Waals surface area contributed by atoms with Gasteiger partial charge in [0, 0.05) is 29.3 Å². The zero-order valence-electron chi connectivity index (χ0n) is 15.8. The van der Waals surface area contributed by atoms with E-state index in [0.29, 0.717) is 0 Å². The fourth-order valence-electron chi connectivity index (χ4n) is 3.26. The first-order chi connectivity index (χ1) is 13.6. The third kappa shape index (κ3) is 3.57. The van der Waals surface area contributed by atoms with Crippen molar-refractivity contribution in [2.45, 2.75) is 20.3 Å². The van der Waals surface area contributed by atoms with Crippen molar-refractivity contribution in [1.82, 2.24) is 19.6 Å². The van der Waals surface area contributed by atoms with Gasteiger partial charge in [-0.3, -0.25) is 4.79 Å². The van der Waals surface area contributed by atoms with E-state index in [2.05, 4.69) is 15.5 Å². The van der Waals surface area contributed by atoms with E-state index in [1.807, 2.05) is 85.4 Å². The van der Waals surface area contributed by atoms with Crippen molar-refractivity contribution in [3.63, 3.8) is 0 Å². The minimum Gasteiger partial charge on any atom is -0.326 e. The summed E-state index contributed by atoms with van der Waals surface area (Å²) in [6.45, 7) is 3.93. The summed E-state index contributed by atoms with van der Waals surface area (Å²) in [6, 6.07) is 19.4. The van der Waals surface area contributed by atoms with Crippen LogP contribution in [-0.4, -0.2) is 25.5 Å². The van der Waals surface area contributed by atoms with Crippen LogP contribution in [0.15, 0.2) is 73.1 Å². The SMILES string of the molecule is Cc1nn(-c2ccccc2)c(C)c1CC(=O)Nc1cccc(-n2cccn2)c1. The number of nitrogens with one attached hydrogen (secondary N) is 1. The molecular weight excluding hydrogens is 350 g/mol. The molecule has 0 aliphatic heterocycles. The number of hydrogen-bond donors (Lipinski definition) is 1. The number of carbonyl (C=O) groups is 1. The molecule has 2 aromatic heterocycles. The third-order valence-corrected chi connectivity index (χ3v) is 4.68. The largest absolute Gasteiger partial charge is 0.326 e. The maximum atomic E-state index is 12.7. The molecule has 1 N–H and O–H groups in total. The Labute approximate surface area is 163 Å². The van der Waals surface area contributed by atoms with E-state index in [4.69, 9.17) is 0 Å². The Morgan fingerprint density at radius 1 is 1.00 bits per heavy atom. The standard InChI is InChI=1S/C22H21N5O/c1-16-21(17(2)27(25-16)19-9-4-3-5-10-19)15-22(28)24-18-8-6-11-20(14-18)26-13-7-12-23-26/h3-14H,15H2,1-2H3,(H,24,28). The summed E-state index contributed by atoms with van der Waals surface area (Å²) in [4.78, 5) is 12.7. The van der Waals surface area contributed by atoms with Crippen molar-refractivity contribution in [2.75, 3.05) is 5.32 Å². The Morgan fingerprint density at radius 3 is 2.54 bits per heavy atom. The minimum absolute atomic E-state index is 0.0728. The summed E-state index contributed by atoms with van der Waals surface area (Å²) in [7, 11) is 0. The lowest BCUT2D eigenvalue weighted by Gasteiger charge is -2.08. The molecule has 0 unspecified atom stereocenters. The first-order valence-electron chi connectivity index (χ1n) is 9.12. The maximum absolute atomic E-state index is 12.7. The first kappa shape index (κ1) is 17.7. The van der Waals surface area contributed by atoms with Crippen LogP contribution in [0, 0.1) is 13.8 Å². The van der Waals surface area contributed by atoms with E-state index in [9.17, 15) is 4.79 Å². The summed E-state index contributed by atoms with van der Waals surface area (Å²) in [5.41, 5.74) is 5.41. The second kappa shape index (κ2) is 7.52. The van der Waals surface area contributed by atoms with Gasteiger partial charge in [-0.25, -0.2) is 9.36 Å². The number of anilines is 1. The van der Waals surface area contributed by atoms with E-state index in [1.54, 1.807) is 10.9 Å². The van der Waals surface area contributed by atoms with Gasteiger partial charge in [-0.1, -0.05) is 24.3 Å². The van der Waals surface area contributed by atoms with E-state index in [0.717, 1.165) is 34.0 Å². The number of para-hydroxylation sites is 1. The molecule has 4 rings (SSSR count). The van der Waals surface area contributed by atoms with Gasteiger partial charge >= 0.3 is 0 Å². The third-order valence-electron chi connectivity index (χ3n) is 4.68. The molecular formula is C22H21N5O. The Hall–Kier alpha value is -3.67. The van der Waals surface area contributed by atoms with Crippen molar-refractivity contribution in [2.24, 2.45) is 0 Å². The lowest BCUT2D eigenvalue weighted by Crippen LogP contribution is -2.15. The minimum atomic E-state index is -0.0728. The quantitative estimate of drug-likeness (QED) is 0.579. The number of nitrogens with zero attached hydrogens (tertiary/aromatic N) is 4. The summed E-state index contributed by atoms with van der Waals surface area (Å²) in [5.74, 6) is -0.0728. The van der Waals surface area contributed by atoms with Gasteiger partial charge in [0.15, 0.2) is 0 Å². The molecule has 0 aliphatic carbocycles. The van der Waals surface area contributed by atoms with Gasteiger partial charge < -0.3 is 5.32 Å². The molecule has 2 aromatic carbocycles. The van der Waals surface area contributed by atoms with Crippen LogP contribution in [0.25, 0.3) is 11.4 Å². The van der Waals surface area contributed by atoms with Gasteiger partial charge in [0.2, 0.25) is 5.91 Å². The zero-order chi connectivity index (χ0) is 19.5. The highest BCUT2D eigenvalue weighted by molar-refractivity contribution is 5.92. The van der Waals surface area contributed by atoms with Crippen molar-refractivity contribution < 1.29 is 4.79 Å². The number of benzene rings is 2. The van der Waals surface area contributed by atoms with Gasteiger partial charge in [0.25, 0.3) is 0 Å². The van der Waals surface area contributed by atoms with Crippen LogP contribution >= 0.6 is 0 Å². The highest BCUT2D eigenvalue weighted by Gasteiger charge is 2.16. The van der Waals surface area contributed by atoms with Crippen molar-refractivity contribution in [3.05, 3.63) is 90.0 Å². The fourth-order valence-corrected chi connectivity index (χ4v) is 3.26. The van der Waals surface area contributed by atoms with E-state index >= 15 is 0 Å². The Balaban J connectivity index is 1.52. The molecule has 140 valence electrons. The lowest BCUT2D eigenvalue weighted by atomic mass is 10.1. The van der Waals surface area contributed by atoms with E-state index < -0.39 is 0 Å². The van der Waals surface area contributed by atoms with E-state index in [1.165, 1.54) is 0 Å². The van der Waals surface area contributed by atoms with Crippen LogP contribution in [0.5, 0.6) is 0 Å². The molecule has 0 saturated carbocycles. The van der Waals surface area contributed by atoms with Crippen LogP contribution in [0.4, 0.5) is 5.69 Å². The summed E-state index contributed by atoms with van der Waals surface area (Å²) < 4.78 is 3.64. The number of rotatable bonds is 5. The second-order valence-corrected chi connectivity index (χ2v) is 6.62. The number of aryl methyl sites for hydroxylation is 1. The predicted octanol–water partition coefficient (Wildman–Crippen LogP) is 3.86. The molecule has 2 heterocycles. The van der Waals surface area contributed by atoms with Gasteiger partial charge in [0.1, 0.15) is 0 Å². The number of carbonyl (C=O) groups excluding carboxylic acids is 1. The van der Waals surface area contributed by atoms with Gasteiger partial charge in [-0.2, -0.15) is 10.2 Å². The summed E-state index contributed by atoms with van der Waals surface area (Å²) >= 11 is 0. The highest BCUT2D eigenvalue weighted by atomic mass is 16.1. The fraction of sp³-hybridized carbons (Fsp3) is 0.136. The first-order valence-corrected chi connectivity index (χ1v) is 9.12. The Bertz CT molecular complexity index is 1100. The van der Waals surface area contributed by atoms with Crippen LogP contribution in [0.2, 0.25) is 0 Å². The van der Waals surface area contributed by atoms with Crippen molar-refractivity contribution >= 4 is 11.6 Å². The second-order valence-electron chi connectivity index (χ2n) is 6.62. The summed E-state index contributed by atoms with van der Waals surface area (Å²) in [6.07, 6.45) is 3.86. The molecule has 0 aliphatic rings. The summed E-state index contributed by atoms with van der Waals surface area (Å²) in [5, 5.41) is 11.8. The van der Waals surface area contributed by atoms with Gasteiger partial charge in [-0.05, 0) is 50.2 Å². The monoisotopic (exact) mass is 371 g/mol. The number of aromatic nitrogens is 4.